The van der Waals surface area contributed by atoms with Gasteiger partial charge in [0.15, 0.2) is 0 Å². The number of hydrogen-bond donors (Lipinski definition) is 1. The summed E-state index contributed by atoms with van der Waals surface area (Å²) < 4.78 is 7.58. The monoisotopic (exact) mass is 272 g/mol. The summed E-state index contributed by atoms with van der Waals surface area (Å²) in [5, 5.41) is 0. The highest BCUT2D eigenvalue weighted by atomic mass is 16.5. The first-order valence-electron chi connectivity index (χ1n) is 7.07. The van der Waals surface area contributed by atoms with Crippen LogP contribution in [0.5, 0.6) is 0 Å². The van der Waals surface area contributed by atoms with Gasteiger partial charge in [-0.2, -0.15) is 0 Å². The number of aryl methyl sites for hydroxylation is 2. The zero-order valence-corrected chi connectivity index (χ0v) is 11.5. The van der Waals surface area contributed by atoms with Crippen LogP contribution in [-0.4, -0.2) is 27.7 Å². The molecule has 3 rings (SSSR count). The zero-order chi connectivity index (χ0) is 13.8. The van der Waals surface area contributed by atoms with Crippen molar-refractivity contribution in [2.75, 3.05) is 13.2 Å². The lowest BCUT2D eigenvalue weighted by atomic mass is 9.97. The van der Waals surface area contributed by atoms with E-state index in [4.69, 9.17) is 10.5 Å². The van der Waals surface area contributed by atoms with Crippen molar-refractivity contribution in [3.05, 3.63) is 48.3 Å². The molecule has 2 aromatic heterocycles. The smallest absolute Gasteiger partial charge is 0.0948 e. The summed E-state index contributed by atoms with van der Waals surface area (Å²) >= 11 is 0. The van der Waals surface area contributed by atoms with Crippen molar-refractivity contribution in [2.24, 2.45) is 11.7 Å². The Morgan fingerprint density at radius 2 is 2.20 bits per heavy atom. The second-order valence-corrected chi connectivity index (χ2v) is 5.27. The maximum absolute atomic E-state index is 6.36. The van der Waals surface area contributed by atoms with Crippen LogP contribution in [0.1, 0.15) is 23.7 Å². The molecule has 2 aromatic rings. The molecule has 2 atom stereocenters. The van der Waals surface area contributed by atoms with Crippen LogP contribution in [0, 0.1) is 5.92 Å². The number of imidazole rings is 1. The van der Waals surface area contributed by atoms with Crippen LogP contribution in [0.3, 0.4) is 0 Å². The summed E-state index contributed by atoms with van der Waals surface area (Å²) in [6, 6.07) is 4.10. The molecule has 2 unspecified atom stereocenters. The largest absolute Gasteiger partial charge is 0.381 e. The molecule has 106 valence electrons. The molecule has 1 aliphatic rings. The van der Waals surface area contributed by atoms with Gasteiger partial charge >= 0.3 is 0 Å². The number of aromatic nitrogens is 3. The number of ether oxygens (including phenoxy) is 1. The maximum Gasteiger partial charge on any atom is 0.0948 e. The molecule has 20 heavy (non-hydrogen) atoms. The quantitative estimate of drug-likeness (QED) is 0.897. The number of nitrogens with two attached hydrogens (primary N) is 1. The normalized spacial score (nSPS) is 20.1. The number of hydrogen-bond acceptors (Lipinski definition) is 4. The third-order valence-corrected chi connectivity index (χ3v) is 3.95. The van der Waals surface area contributed by atoms with Crippen molar-refractivity contribution in [2.45, 2.75) is 25.4 Å². The maximum atomic E-state index is 6.36. The van der Waals surface area contributed by atoms with Crippen molar-refractivity contribution in [1.29, 1.82) is 0 Å². The van der Waals surface area contributed by atoms with Crippen molar-refractivity contribution < 1.29 is 4.74 Å². The Bertz CT molecular complexity index is 534. The van der Waals surface area contributed by atoms with Gasteiger partial charge in [-0.1, -0.05) is 0 Å². The molecule has 5 nitrogen and oxygen atoms in total. The summed E-state index contributed by atoms with van der Waals surface area (Å²) in [7, 11) is 0. The molecule has 0 radical (unpaired) electrons. The van der Waals surface area contributed by atoms with Gasteiger partial charge in [0.1, 0.15) is 0 Å². The predicted octanol–water partition coefficient (Wildman–Crippen LogP) is 1.56. The number of pyridine rings is 1. The minimum absolute atomic E-state index is 0.0115. The van der Waals surface area contributed by atoms with E-state index >= 15 is 0 Å². The second-order valence-electron chi connectivity index (χ2n) is 5.27. The SMILES string of the molecule is NC(c1cncn1CCc1ccncc1)C1CCOC1. The van der Waals surface area contributed by atoms with E-state index in [-0.39, 0.29) is 6.04 Å². The molecule has 1 saturated heterocycles. The number of rotatable bonds is 5. The Balaban J connectivity index is 1.67. The summed E-state index contributed by atoms with van der Waals surface area (Å²) in [5.74, 6) is 0.409. The van der Waals surface area contributed by atoms with Crippen molar-refractivity contribution in [3.8, 4) is 0 Å². The minimum Gasteiger partial charge on any atom is -0.381 e. The molecule has 0 bridgehead atoms. The molecule has 5 heteroatoms. The molecule has 0 saturated carbocycles. The molecule has 2 N–H and O–H groups in total. The van der Waals surface area contributed by atoms with Crippen LogP contribution in [0.2, 0.25) is 0 Å². The van der Waals surface area contributed by atoms with Crippen molar-refractivity contribution in [1.82, 2.24) is 14.5 Å². The average molecular weight is 272 g/mol. The lowest BCUT2D eigenvalue weighted by Crippen LogP contribution is -2.24. The topological polar surface area (TPSA) is 66.0 Å². The van der Waals surface area contributed by atoms with Crippen LogP contribution < -0.4 is 5.73 Å². The molecule has 1 fully saturated rings. The number of nitrogens with zero attached hydrogens (tertiary/aromatic N) is 3. The van der Waals surface area contributed by atoms with E-state index < -0.39 is 0 Å². The van der Waals surface area contributed by atoms with Crippen LogP contribution in [0.25, 0.3) is 0 Å². The van der Waals surface area contributed by atoms with E-state index in [0.29, 0.717) is 5.92 Å². The third-order valence-electron chi connectivity index (χ3n) is 3.95. The standard InChI is InChI=1S/C15H20N4O/c16-15(13-4-8-20-10-13)14-9-18-11-19(14)7-3-12-1-5-17-6-2-12/h1-2,5-6,9,11,13,15H,3-4,7-8,10,16H2. The van der Waals surface area contributed by atoms with Gasteiger partial charge in [0.05, 0.1) is 24.7 Å². The van der Waals surface area contributed by atoms with E-state index in [1.54, 1.807) is 0 Å². The van der Waals surface area contributed by atoms with Crippen LogP contribution >= 0.6 is 0 Å². The van der Waals surface area contributed by atoms with Gasteiger partial charge in [0, 0.05) is 37.7 Å². The molecule has 0 aromatic carbocycles. The first kappa shape index (κ1) is 13.3. The lowest BCUT2D eigenvalue weighted by Gasteiger charge is -2.19. The van der Waals surface area contributed by atoms with Gasteiger partial charge in [0.25, 0.3) is 0 Å². The Morgan fingerprint density at radius 3 is 2.95 bits per heavy atom. The highest BCUT2D eigenvalue weighted by Gasteiger charge is 2.26. The van der Waals surface area contributed by atoms with E-state index in [1.807, 2.05) is 37.1 Å². The lowest BCUT2D eigenvalue weighted by molar-refractivity contribution is 0.180. The Morgan fingerprint density at radius 1 is 1.35 bits per heavy atom. The minimum atomic E-state index is 0.0115. The van der Waals surface area contributed by atoms with Gasteiger partial charge in [-0.15, -0.1) is 0 Å². The predicted molar refractivity (Wildman–Crippen MR) is 76.0 cm³/mol. The molecule has 3 heterocycles. The van der Waals surface area contributed by atoms with E-state index in [9.17, 15) is 0 Å². The van der Waals surface area contributed by atoms with Crippen LogP contribution in [0.4, 0.5) is 0 Å². The molecular formula is C15H20N4O. The fourth-order valence-electron chi connectivity index (χ4n) is 2.67. The average Bonchev–Trinajstić information content (AvgIpc) is 3.17. The first-order valence-corrected chi connectivity index (χ1v) is 7.07. The fraction of sp³-hybridized carbons (Fsp3) is 0.467. The van der Waals surface area contributed by atoms with Gasteiger partial charge in [-0.3, -0.25) is 4.98 Å². The van der Waals surface area contributed by atoms with E-state index in [2.05, 4.69) is 14.5 Å². The zero-order valence-electron chi connectivity index (χ0n) is 11.5. The van der Waals surface area contributed by atoms with Gasteiger partial charge in [-0.25, -0.2) is 4.98 Å². The Labute approximate surface area is 118 Å². The van der Waals surface area contributed by atoms with Gasteiger partial charge in [-0.05, 0) is 30.5 Å². The molecular weight excluding hydrogens is 252 g/mol. The Hall–Kier alpha value is -1.72. The highest BCUT2D eigenvalue weighted by molar-refractivity contribution is 5.11. The van der Waals surface area contributed by atoms with Crippen LogP contribution in [-0.2, 0) is 17.7 Å². The van der Waals surface area contributed by atoms with Crippen molar-refractivity contribution in [3.63, 3.8) is 0 Å². The molecule has 1 aliphatic heterocycles. The molecule has 0 spiro atoms. The van der Waals surface area contributed by atoms with Crippen LogP contribution in [0.15, 0.2) is 37.1 Å². The second kappa shape index (κ2) is 6.15. The van der Waals surface area contributed by atoms with E-state index in [0.717, 1.165) is 38.3 Å². The summed E-state index contributed by atoms with van der Waals surface area (Å²) in [5.41, 5.74) is 8.75. The van der Waals surface area contributed by atoms with Gasteiger partial charge in [0.2, 0.25) is 0 Å². The molecule has 0 aliphatic carbocycles. The summed E-state index contributed by atoms with van der Waals surface area (Å²) in [6.45, 7) is 2.47. The van der Waals surface area contributed by atoms with Crippen molar-refractivity contribution >= 4 is 0 Å². The van der Waals surface area contributed by atoms with Gasteiger partial charge < -0.3 is 15.0 Å². The molecule has 0 amide bonds. The van der Waals surface area contributed by atoms with E-state index in [1.165, 1.54) is 5.56 Å². The third kappa shape index (κ3) is 2.89. The highest BCUT2D eigenvalue weighted by Crippen LogP contribution is 2.26. The Kier molecular flexibility index (Phi) is 4.08. The first-order chi connectivity index (χ1) is 9.84. The summed E-state index contributed by atoms with van der Waals surface area (Å²) in [6.07, 6.45) is 9.40. The summed E-state index contributed by atoms with van der Waals surface area (Å²) in [4.78, 5) is 8.29. The fourth-order valence-corrected chi connectivity index (χ4v) is 2.67.